The van der Waals surface area contributed by atoms with Crippen LogP contribution >= 0.6 is 11.8 Å². The largest absolute Gasteiger partial charge is 0.468 e. The first kappa shape index (κ1) is 32.2. The molecule has 1 amide bonds. The predicted octanol–water partition coefficient (Wildman–Crippen LogP) is 7.72. The molecule has 0 radical (unpaired) electrons. The quantitative estimate of drug-likeness (QED) is 0.114. The Bertz CT molecular complexity index is 1820. The van der Waals surface area contributed by atoms with Gasteiger partial charge in [-0.05, 0) is 92.5 Å². The highest BCUT2D eigenvalue weighted by Crippen LogP contribution is 2.43. The van der Waals surface area contributed by atoms with Crippen LogP contribution < -0.4 is 9.64 Å². The fraction of sp³-hybridized carbons (Fsp3) is 0.441. The number of thioether (sulfide) groups is 1. The van der Waals surface area contributed by atoms with E-state index < -0.39 is 23.1 Å². The molecule has 2 atom stereocenters. The number of aryl methyl sites for hydroxylation is 1. The molecule has 2 saturated heterocycles. The lowest BCUT2D eigenvalue weighted by molar-refractivity contribution is 0.0123. The molecule has 12 heteroatoms. The Balaban J connectivity index is 1.49. The molecule has 4 aromatic rings. The minimum Gasteiger partial charge on any atom is -0.468 e. The Morgan fingerprint density at radius 1 is 1.04 bits per heavy atom. The van der Waals surface area contributed by atoms with E-state index in [4.69, 9.17) is 19.2 Å². The lowest BCUT2D eigenvalue weighted by Gasteiger charge is -2.42. The summed E-state index contributed by atoms with van der Waals surface area (Å²) in [5.74, 6) is -1.44. The van der Waals surface area contributed by atoms with Gasteiger partial charge in [0.2, 0.25) is 0 Å². The van der Waals surface area contributed by atoms with Gasteiger partial charge in [0.1, 0.15) is 34.3 Å². The molecule has 8 nitrogen and oxygen atoms in total. The van der Waals surface area contributed by atoms with Crippen molar-refractivity contribution >= 4 is 45.3 Å². The molecule has 2 fully saturated rings. The maximum Gasteiger partial charge on any atom is 0.410 e. The average Bonchev–Trinajstić information content (AvgIpc) is 3.28. The monoisotopic (exact) mass is 654 g/mol. The zero-order valence-corrected chi connectivity index (χ0v) is 27.6. The number of hydrogen-bond donors (Lipinski definition) is 0. The maximum atomic E-state index is 16.8. The number of piperazine rings is 1. The Kier molecular flexibility index (Phi) is 8.71. The summed E-state index contributed by atoms with van der Waals surface area (Å²) in [7, 11) is 1.47. The molecule has 3 heterocycles. The van der Waals surface area contributed by atoms with Gasteiger partial charge in [-0.25, -0.2) is 27.9 Å². The number of rotatable bonds is 7. The molecule has 3 aromatic carbocycles. The number of fused-ring (bicyclic) bond motifs is 4. The average molecular weight is 655 g/mol. The van der Waals surface area contributed by atoms with Crippen molar-refractivity contribution < 1.29 is 32.2 Å². The molecule has 0 N–H and O–H groups in total. The number of nitrogens with zero attached hydrogens (tertiary/aromatic N) is 4. The van der Waals surface area contributed by atoms with E-state index in [0.717, 1.165) is 12.8 Å². The van der Waals surface area contributed by atoms with E-state index in [1.807, 2.05) is 25.7 Å². The van der Waals surface area contributed by atoms with E-state index in [2.05, 4.69) is 4.98 Å². The highest BCUT2D eigenvalue weighted by Gasteiger charge is 2.45. The molecular formula is C34H37F3N4O4S. The van der Waals surface area contributed by atoms with E-state index in [0.29, 0.717) is 52.6 Å². The van der Waals surface area contributed by atoms with Crippen LogP contribution in [0.15, 0.2) is 35.5 Å². The van der Waals surface area contributed by atoms with Gasteiger partial charge in [-0.2, -0.15) is 0 Å². The first-order valence-corrected chi connectivity index (χ1v) is 16.5. The third kappa shape index (κ3) is 5.81. The van der Waals surface area contributed by atoms with Crippen molar-refractivity contribution in [3.8, 4) is 16.9 Å². The fourth-order valence-corrected chi connectivity index (χ4v) is 7.03. The van der Waals surface area contributed by atoms with Gasteiger partial charge in [0.25, 0.3) is 0 Å². The molecule has 2 aliphatic heterocycles. The van der Waals surface area contributed by atoms with Crippen LogP contribution in [0.3, 0.4) is 0 Å². The number of carbonyl (C=O) groups is 1. The summed E-state index contributed by atoms with van der Waals surface area (Å²) in [4.78, 5) is 26.1. The van der Waals surface area contributed by atoms with E-state index in [1.54, 1.807) is 30.2 Å². The van der Waals surface area contributed by atoms with Crippen molar-refractivity contribution in [1.82, 2.24) is 14.9 Å². The molecule has 244 valence electrons. The third-order valence-corrected chi connectivity index (χ3v) is 9.07. The summed E-state index contributed by atoms with van der Waals surface area (Å²) in [5, 5.41) is 1.52. The third-order valence-electron chi connectivity index (χ3n) is 8.52. The first-order valence-electron chi connectivity index (χ1n) is 15.3. The van der Waals surface area contributed by atoms with E-state index in [1.165, 1.54) is 37.1 Å². The fourth-order valence-electron chi connectivity index (χ4n) is 6.67. The standard InChI is InChI=1S/C34H37F3N4O4S/c1-7-22-25(35)11-8-18-12-21(44-17-43-5)13-23(27(18)22)28-26(36)14-24-30(29(28)37)38-32(46-6)39-31(24)40-15-19-9-10-20(16-40)41(19)33(42)45-34(2,3)4/h8,11-14,19-20H,7,9-10,15-17H2,1-6H3. The summed E-state index contributed by atoms with van der Waals surface area (Å²) < 4.78 is 64.7. The molecule has 2 aliphatic rings. The maximum absolute atomic E-state index is 16.8. The normalized spacial score (nSPS) is 18.1. The van der Waals surface area contributed by atoms with Crippen molar-refractivity contribution in [2.75, 3.05) is 38.1 Å². The zero-order valence-electron chi connectivity index (χ0n) is 26.7. The van der Waals surface area contributed by atoms with Gasteiger partial charge in [-0.3, -0.25) is 4.90 Å². The second-order valence-corrected chi connectivity index (χ2v) is 13.4. The van der Waals surface area contributed by atoms with Gasteiger partial charge in [-0.15, -0.1) is 0 Å². The SMILES string of the molecule is CCc1c(F)ccc2cc(OCOC)cc(-c3c(F)cc4c(N5CC6CCC(C5)N6C(=O)OC(C)(C)C)nc(SC)nc4c3F)c12. The first-order chi connectivity index (χ1) is 21.9. The predicted molar refractivity (Wildman–Crippen MR) is 173 cm³/mol. The van der Waals surface area contributed by atoms with Crippen molar-refractivity contribution in [2.24, 2.45) is 0 Å². The number of methoxy groups -OCH3 is 1. The van der Waals surface area contributed by atoms with Crippen LogP contribution in [0.5, 0.6) is 5.75 Å². The lowest BCUT2D eigenvalue weighted by Crippen LogP contribution is -2.57. The van der Waals surface area contributed by atoms with E-state index >= 15 is 13.2 Å². The molecule has 2 unspecified atom stereocenters. The Labute approximate surface area is 270 Å². The lowest BCUT2D eigenvalue weighted by atomic mass is 9.91. The second kappa shape index (κ2) is 12.4. The number of carbonyl (C=O) groups excluding carboxylic acids is 1. The zero-order chi connectivity index (χ0) is 32.9. The van der Waals surface area contributed by atoms with Crippen LogP contribution in [0, 0.1) is 17.5 Å². The van der Waals surface area contributed by atoms with Crippen molar-refractivity contribution in [3.63, 3.8) is 0 Å². The molecule has 1 aromatic heterocycles. The van der Waals surface area contributed by atoms with Gasteiger partial charge < -0.3 is 19.1 Å². The van der Waals surface area contributed by atoms with Crippen molar-refractivity contribution in [3.05, 3.63) is 53.3 Å². The van der Waals surface area contributed by atoms with Crippen LogP contribution in [-0.2, 0) is 15.9 Å². The number of aromatic nitrogens is 2. The second-order valence-electron chi connectivity index (χ2n) is 12.7. The Hall–Kier alpha value is -3.77. The van der Waals surface area contributed by atoms with Gasteiger partial charge >= 0.3 is 6.09 Å². The minimum absolute atomic E-state index is 0.0431. The smallest absolute Gasteiger partial charge is 0.410 e. The molecule has 0 spiro atoms. The van der Waals surface area contributed by atoms with Crippen molar-refractivity contribution in [1.29, 1.82) is 0 Å². The Morgan fingerprint density at radius 3 is 2.39 bits per heavy atom. The highest BCUT2D eigenvalue weighted by atomic mass is 32.2. The van der Waals surface area contributed by atoms with E-state index in [9.17, 15) is 4.79 Å². The number of benzene rings is 3. The number of anilines is 1. The Morgan fingerprint density at radius 2 is 1.76 bits per heavy atom. The van der Waals surface area contributed by atoms with Crippen LogP contribution in [0.25, 0.3) is 32.8 Å². The summed E-state index contributed by atoms with van der Waals surface area (Å²) in [6, 6.07) is 7.12. The summed E-state index contributed by atoms with van der Waals surface area (Å²) in [6.07, 6.45) is 3.32. The van der Waals surface area contributed by atoms with Crippen LogP contribution in [-0.4, -0.2) is 71.9 Å². The molecule has 6 rings (SSSR count). The molecule has 0 saturated carbocycles. The number of halogens is 3. The van der Waals surface area contributed by atoms with Crippen molar-refractivity contribution in [2.45, 2.75) is 69.8 Å². The van der Waals surface area contributed by atoms with Gasteiger partial charge in [-0.1, -0.05) is 24.8 Å². The molecule has 2 bridgehead atoms. The summed E-state index contributed by atoms with van der Waals surface area (Å²) in [5.41, 5.74) is -0.491. The topological polar surface area (TPSA) is 77.0 Å². The summed E-state index contributed by atoms with van der Waals surface area (Å²) >= 11 is 1.25. The number of ether oxygens (including phenoxy) is 3. The van der Waals surface area contributed by atoms with Gasteiger partial charge in [0.05, 0.1) is 17.6 Å². The van der Waals surface area contributed by atoms with Crippen LogP contribution in [0.1, 0.15) is 46.1 Å². The molecule has 0 aliphatic carbocycles. The summed E-state index contributed by atoms with van der Waals surface area (Å²) in [6.45, 7) is 8.09. The molecule has 46 heavy (non-hydrogen) atoms. The highest BCUT2D eigenvalue weighted by molar-refractivity contribution is 7.98. The van der Waals surface area contributed by atoms with Gasteiger partial charge in [0, 0.05) is 25.6 Å². The number of hydrogen-bond acceptors (Lipinski definition) is 8. The molecular weight excluding hydrogens is 617 g/mol. The van der Waals surface area contributed by atoms with E-state index in [-0.39, 0.29) is 47.0 Å². The number of amides is 1. The van der Waals surface area contributed by atoms with Gasteiger partial charge in [0.15, 0.2) is 17.8 Å². The van der Waals surface area contributed by atoms with Crippen LogP contribution in [0.2, 0.25) is 0 Å². The van der Waals surface area contributed by atoms with Crippen LogP contribution in [0.4, 0.5) is 23.8 Å². The minimum atomic E-state index is -0.874.